The Morgan fingerprint density at radius 2 is 1.63 bits per heavy atom. The molecule has 0 bridgehead atoms. The van der Waals surface area contributed by atoms with E-state index in [0.29, 0.717) is 5.58 Å². The lowest BCUT2D eigenvalue weighted by atomic mass is 10.1. The molecule has 0 aliphatic rings. The van der Waals surface area contributed by atoms with Crippen LogP contribution < -0.4 is 10.2 Å². The molecule has 0 saturated carbocycles. The molecule has 3 aromatic carbocycles. The average Bonchev–Trinajstić information content (AvgIpc) is 2.64. The van der Waals surface area contributed by atoms with Crippen molar-refractivity contribution in [3.05, 3.63) is 82.3 Å². The SMILES string of the molecule is Cc1ccc(S(=O)(=O)Nc2c(F)ccc3oc4ccccc4c(=O)c23)cc1. The predicted molar refractivity (Wildman–Crippen MR) is 102 cm³/mol. The number of para-hydroxylation sites is 1. The maximum absolute atomic E-state index is 14.5. The number of rotatable bonds is 3. The Hall–Kier alpha value is -3.19. The molecule has 1 aromatic heterocycles. The molecule has 0 aliphatic carbocycles. The zero-order valence-electron chi connectivity index (χ0n) is 14.2. The van der Waals surface area contributed by atoms with E-state index in [-0.39, 0.29) is 21.3 Å². The van der Waals surface area contributed by atoms with Crippen LogP contribution in [0.15, 0.2) is 74.8 Å². The van der Waals surface area contributed by atoms with Crippen molar-refractivity contribution in [2.24, 2.45) is 0 Å². The number of hydrogen-bond donors (Lipinski definition) is 1. The molecule has 0 saturated heterocycles. The van der Waals surface area contributed by atoms with Gasteiger partial charge in [-0.3, -0.25) is 9.52 Å². The van der Waals surface area contributed by atoms with Crippen molar-refractivity contribution in [1.29, 1.82) is 0 Å². The van der Waals surface area contributed by atoms with E-state index >= 15 is 0 Å². The lowest BCUT2D eigenvalue weighted by Gasteiger charge is -2.12. The summed E-state index contributed by atoms with van der Waals surface area (Å²) in [6.07, 6.45) is 0. The van der Waals surface area contributed by atoms with E-state index in [2.05, 4.69) is 4.72 Å². The molecule has 4 rings (SSSR count). The fourth-order valence-electron chi connectivity index (χ4n) is 2.88. The molecule has 7 heteroatoms. The van der Waals surface area contributed by atoms with Crippen LogP contribution in [0.1, 0.15) is 5.56 Å². The van der Waals surface area contributed by atoms with E-state index < -0.39 is 27.0 Å². The second-order valence-electron chi connectivity index (χ2n) is 6.14. The minimum atomic E-state index is -4.08. The van der Waals surface area contributed by atoms with Gasteiger partial charge < -0.3 is 4.42 Å². The van der Waals surface area contributed by atoms with Gasteiger partial charge in [0.05, 0.1) is 21.4 Å². The molecule has 0 radical (unpaired) electrons. The Balaban J connectivity index is 1.96. The van der Waals surface area contributed by atoms with Crippen molar-refractivity contribution in [3.63, 3.8) is 0 Å². The van der Waals surface area contributed by atoms with Crippen LogP contribution in [0.2, 0.25) is 0 Å². The lowest BCUT2D eigenvalue weighted by molar-refractivity contribution is 0.598. The van der Waals surface area contributed by atoms with Crippen molar-refractivity contribution >= 4 is 37.6 Å². The number of hydrogen-bond acceptors (Lipinski definition) is 4. The van der Waals surface area contributed by atoms with Crippen molar-refractivity contribution < 1.29 is 17.2 Å². The first-order valence-electron chi connectivity index (χ1n) is 8.10. The van der Waals surface area contributed by atoms with Gasteiger partial charge in [0, 0.05) is 0 Å². The van der Waals surface area contributed by atoms with Crippen molar-refractivity contribution in [2.75, 3.05) is 4.72 Å². The largest absolute Gasteiger partial charge is 0.456 e. The van der Waals surface area contributed by atoms with E-state index in [1.54, 1.807) is 36.4 Å². The molecule has 27 heavy (non-hydrogen) atoms. The summed E-state index contributed by atoms with van der Waals surface area (Å²) in [4.78, 5) is 12.8. The number of halogens is 1. The Morgan fingerprint density at radius 1 is 0.926 bits per heavy atom. The van der Waals surface area contributed by atoms with Gasteiger partial charge in [0.2, 0.25) is 5.43 Å². The number of anilines is 1. The highest BCUT2D eigenvalue weighted by atomic mass is 32.2. The Kier molecular flexibility index (Phi) is 3.96. The highest BCUT2D eigenvalue weighted by Gasteiger charge is 2.21. The minimum absolute atomic E-state index is 0.0327. The van der Waals surface area contributed by atoms with Crippen LogP contribution >= 0.6 is 0 Å². The van der Waals surface area contributed by atoms with Gasteiger partial charge in [0.1, 0.15) is 17.0 Å². The molecular formula is C20H14FNO4S. The zero-order valence-corrected chi connectivity index (χ0v) is 15.0. The molecule has 0 amide bonds. The van der Waals surface area contributed by atoms with Crippen molar-refractivity contribution in [1.82, 2.24) is 0 Å². The summed E-state index contributed by atoms with van der Waals surface area (Å²) in [5.74, 6) is -0.860. The minimum Gasteiger partial charge on any atom is -0.456 e. The van der Waals surface area contributed by atoms with Crippen LogP contribution in [0.4, 0.5) is 10.1 Å². The molecule has 136 valence electrons. The Morgan fingerprint density at radius 3 is 2.37 bits per heavy atom. The molecule has 4 aromatic rings. The first-order valence-corrected chi connectivity index (χ1v) is 9.59. The summed E-state index contributed by atoms with van der Waals surface area (Å²) < 4.78 is 47.7. The van der Waals surface area contributed by atoms with E-state index in [1.165, 1.54) is 18.2 Å². The van der Waals surface area contributed by atoms with Gasteiger partial charge in [-0.05, 0) is 43.3 Å². The van der Waals surface area contributed by atoms with Gasteiger partial charge >= 0.3 is 0 Å². The number of sulfonamides is 1. The number of nitrogens with one attached hydrogen (secondary N) is 1. The van der Waals surface area contributed by atoms with Gasteiger partial charge in [-0.15, -0.1) is 0 Å². The van der Waals surface area contributed by atoms with E-state index in [1.807, 2.05) is 6.92 Å². The van der Waals surface area contributed by atoms with Crippen LogP contribution in [0.3, 0.4) is 0 Å². The smallest absolute Gasteiger partial charge is 0.262 e. The van der Waals surface area contributed by atoms with Gasteiger partial charge in [-0.2, -0.15) is 0 Å². The third kappa shape index (κ3) is 2.96. The van der Waals surface area contributed by atoms with Gasteiger partial charge in [0.15, 0.2) is 0 Å². The van der Waals surface area contributed by atoms with Crippen LogP contribution in [-0.4, -0.2) is 8.42 Å². The van der Waals surface area contributed by atoms with Crippen LogP contribution in [0.25, 0.3) is 21.9 Å². The third-order valence-electron chi connectivity index (χ3n) is 4.26. The van der Waals surface area contributed by atoms with Crippen LogP contribution in [0, 0.1) is 12.7 Å². The molecule has 5 nitrogen and oxygen atoms in total. The highest BCUT2D eigenvalue weighted by molar-refractivity contribution is 7.92. The molecule has 1 N–H and O–H groups in total. The number of aryl methyl sites for hydroxylation is 1. The quantitative estimate of drug-likeness (QED) is 0.538. The fraction of sp³-hybridized carbons (Fsp3) is 0.0500. The number of benzene rings is 3. The summed E-state index contributed by atoms with van der Waals surface area (Å²) in [7, 11) is -4.08. The zero-order chi connectivity index (χ0) is 19.2. The predicted octanol–water partition coefficient (Wildman–Crippen LogP) is 4.19. The molecular weight excluding hydrogens is 369 g/mol. The standard InChI is InChI=1S/C20H14FNO4S/c1-12-6-8-13(9-7-12)27(24,25)22-19-15(21)10-11-17-18(19)20(23)14-4-2-3-5-16(14)26-17/h2-11,22H,1H3. The van der Waals surface area contributed by atoms with Gasteiger partial charge in [-0.25, -0.2) is 12.8 Å². The summed E-state index contributed by atoms with van der Waals surface area (Å²) in [6.45, 7) is 1.82. The monoisotopic (exact) mass is 383 g/mol. The van der Waals surface area contributed by atoms with E-state index in [0.717, 1.165) is 11.6 Å². The summed E-state index contributed by atoms with van der Waals surface area (Å²) in [5, 5.41) is 0.0933. The van der Waals surface area contributed by atoms with E-state index in [4.69, 9.17) is 4.42 Å². The molecule has 0 unspecified atom stereocenters. The summed E-state index contributed by atoms with van der Waals surface area (Å²) in [6, 6.07) is 15.0. The molecule has 0 fully saturated rings. The van der Waals surface area contributed by atoms with E-state index in [9.17, 15) is 17.6 Å². The molecule has 0 spiro atoms. The second-order valence-corrected chi connectivity index (χ2v) is 7.82. The normalized spacial score (nSPS) is 11.8. The van der Waals surface area contributed by atoms with Gasteiger partial charge in [0.25, 0.3) is 10.0 Å². The fourth-order valence-corrected chi connectivity index (χ4v) is 3.96. The van der Waals surface area contributed by atoms with Crippen molar-refractivity contribution in [3.8, 4) is 0 Å². The molecule has 1 heterocycles. The molecule has 0 atom stereocenters. The second kappa shape index (κ2) is 6.21. The lowest BCUT2D eigenvalue weighted by Crippen LogP contribution is -2.16. The summed E-state index contributed by atoms with van der Waals surface area (Å²) in [5.41, 5.74) is 0.397. The average molecular weight is 383 g/mol. The number of fused-ring (bicyclic) bond motifs is 2. The highest BCUT2D eigenvalue weighted by Crippen LogP contribution is 2.29. The summed E-state index contributed by atoms with van der Waals surface area (Å²) >= 11 is 0. The third-order valence-corrected chi connectivity index (χ3v) is 5.63. The van der Waals surface area contributed by atoms with Crippen molar-refractivity contribution in [2.45, 2.75) is 11.8 Å². The van der Waals surface area contributed by atoms with Crippen LogP contribution in [-0.2, 0) is 10.0 Å². The topological polar surface area (TPSA) is 76.4 Å². The Labute approximate surface area is 154 Å². The maximum atomic E-state index is 14.5. The van der Waals surface area contributed by atoms with Gasteiger partial charge in [-0.1, -0.05) is 29.8 Å². The van der Waals surface area contributed by atoms with Crippen LogP contribution in [0.5, 0.6) is 0 Å². The first kappa shape index (κ1) is 17.2. The molecule has 0 aliphatic heterocycles. The Bertz CT molecular complexity index is 1340. The first-order chi connectivity index (χ1) is 12.9. The maximum Gasteiger partial charge on any atom is 0.262 e.